The van der Waals surface area contributed by atoms with E-state index in [0.717, 1.165) is 70.6 Å². The van der Waals surface area contributed by atoms with Crippen LogP contribution in [0.5, 0.6) is 0 Å². The summed E-state index contributed by atoms with van der Waals surface area (Å²) in [5.74, 6) is -0.523. The molecule has 1 amide bonds. The fraction of sp³-hybridized carbons (Fsp3) is 0.873. The molecular formula is C79H151N2O7P. The lowest BCUT2D eigenvalue weighted by Gasteiger charge is -2.30. The van der Waals surface area contributed by atoms with Crippen molar-refractivity contribution in [3.8, 4) is 0 Å². The molecule has 0 fully saturated rings. The van der Waals surface area contributed by atoms with Crippen LogP contribution in [0.1, 0.15) is 393 Å². The minimum Gasteiger partial charge on any atom is -0.756 e. The summed E-state index contributed by atoms with van der Waals surface area (Å²) in [7, 11) is 1.20. The molecule has 10 heteroatoms. The topological polar surface area (TPSA) is 114 Å². The van der Waals surface area contributed by atoms with E-state index in [4.69, 9.17) is 13.8 Å². The average Bonchev–Trinajstić information content (AvgIpc) is 3.62. The number of carbonyl (C=O) groups excluding carboxylic acids is 2. The Hall–Kier alpha value is -2.03. The van der Waals surface area contributed by atoms with E-state index in [0.29, 0.717) is 17.4 Å². The molecule has 0 aliphatic rings. The first-order chi connectivity index (χ1) is 43.4. The molecule has 0 aromatic heterocycles. The lowest BCUT2D eigenvalue weighted by atomic mass is 10.0. The Balaban J connectivity index is 4.88. The van der Waals surface area contributed by atoms with Crippen LogP contribution >= 0.6 is 7.82 Å². The number of hydrogen-bond donors (Lipinski definition) is 1. The molecule has 3 atom stereocenters. The number of allylic oxidation sites excluding steroid dienone is 7. The molecular weight excluding hydrogens is 1120 g/mol. The van der Waals surface area contributed by atoms with Gasteiger partial charge >= 0.3 is 5.97 Å². The van der Waals surface area contributed by atoms with Crippen molar-refractivity contribution in [3.05, 3.63) is 48.6 Å². The van der Waals surface area contributed by atoms with Gasteiger partial charge in [-0.25, -0.2) is 0 Å². The van der Waals surface area contributed by atoms with E-state index in [1.54, 1.807) is 0 Å². The molecule has 0 aromatic carbocycles. The zero-order valence-corrected chi connectivity index (χ0v) is 61.1. The van der Waals surface area contributed by atoms with E-state index < -0.39 is 20.0 Å². The second kappa shape index (κ2) is 68.8. The van der Waals surface area contributed by atoms with E-state index in [1.807, 2.05) is 33.3 Å². The van der Waals surface area contributed by atoms with Crippen LogP contribution in [0, 0.1) is 0 Å². The smallest absolute Gasteiger partial charge is 0.306 e. The number of likely N-dealkylation sites (N-methyl/N-ethyl adjacent to an activating group) is 1. The number of quaternary nitrogens is 1. The van der Waals surface area contributed by atoms with Crippen LogP contribution in [0.15, 0.2) is 48.6 Å². The van der Waals surface area contributed by atoms with Gasteiger partial charge < -0.3 is 28.5 Å². The fourth-order valence-corrected chi connectivity index (χ4v) is 12.5. The predicted molar refractivity (Wildman–Crippen MR) is 386 cm³/mol. The molecule has 0 saturated heterocycles. The van der Waals surface area contributed by atoms with Crippen LogP contribution < -0.4 is 10.2 Å². The highest BCUT2D eigenvalue weighted by atomic mass is 31.2. The Morgan fingerprint density at radius 1 is 0.393 bits per heavy atom. The first kappa shape index (κ1) is 87.0. The van der Waals surface area contributed by atoms with E-state index in [2.05, 4.69) is 62.5 Å². The quantitative estimate of drug-likeness (QED) is 0.0212. The molecule has 0 saturated carbocycles. The first-order valence-corrected chi connectivity index (χ1v) is 40.4. The summed E-state index contributed by atoms with van der Waals surface area (Å²) in [6.07, 6.45) is 88.3. The van der Waals surface area contributed by atoms with Gasteiger partial charge in [-0.2, -0.15) is 0 Å². The van der Waals surface area contributed by atoms with Gasteiger partial charge in [0.25, 0.3) is 7.82 Å². The van der Waals surface area contributed by atoms with Crippen LogP contribution in [-0.2, 0) is 27.9 Å². The number of amides is 1. The second-order valence-corrected chi connectivity index (χ2v) is 29.3. The molecule has 0 aliphatic heterocycles. The zero-order chi connectivity index (χ0) is 64.9. The summed E-state index contributed by atoms with van der Waals surface area (Å²) >= 11 is 0. The van der Waals surface area contributed by atoms with Gasteiger partial charge in [-0.05, 0) is 70.3 Å². The predicted octanol–water partition coefficient (Wildman–Crippen LogP) is 24.5. The van der Waals surface area contributed by atoms with Crippen molar-refractivity contribution in [2.24, 2.45) is 0 Å². The monoisotopic (exact) mass is 1270 g/mol. The first-order valence-electron chi connectivity index (χ1n) is 38.9. The third-order valence-electron chi connectivity index (χ3n) is 17.8. The molecule has 89 heavy (non-hydrogen) atoms. The van der Waals surface area contributed by atoms with Gasteiger partial charge in [-0.15, -0.1) is 0 Å². The van der Waals surface area contributed by atoms with Crippen LogP contribution in [0.25, 0.3) is 0 Å². The molecule has 0 bridgehead atoms. The number of carbonyl (C=O) groups is 2. The molecule has 3 unspecified atom stereocenters. The van der Waals surface area contributed by atoms with Gasteiger partial charge in [0.2, 0.25) is 5.91 Å². The summed E-state index contributed by atoms with van der Waals surface area (Å²) in [6, 6.07) is -0.888. The molecule has 0 aliphatic carbocycles. The Morgan fingerprint density at radius 2 is 0.685 bits per heavy atom. The van der Waals surface area contributed by atoms with Crippen molar-refractivity contribution in [2.45, 2.75) is 405 Å². The van der Waals surface area contributed by atoms with Gasteiger partial charge in [-0.3, -0.25) is 14.2 Å². The Labute approximate surface area is 554 Å². The maximum absolute atomic E-state index is 13.6. The Morgan fingerprint density at radius 3 is 1.04 bits per heavy atom. The number of rotatable bonds is 72. The van der Waals surface area contributed by atoms with Gasteiger partial charge in [0.1, 0.15) is 19.3 Å². The number of nitrogens with one attached hydrogen (secondary N) is 1. The maximum Gasteiger partial charge on any atom is 0.306 e. The maximum atomic E-state index is 13.6. The SMILES string of the molecule is CCCCC/C=C\C/C=C\C/C=C\CCCCCCCCCCCCCCC(=O)NC(COP(=O)([O-])OCC[N+](C)(C)C)C(/C=C/CCCCCCCCCCC)OC(=O)CCCCCCCCCCCCCCCCCCCCCCCCCCCCC. The van der Waals surface area contributed by atoms with Crippen molar-refractivity contribution >= 4 is 19.7 Å². The Bertz CT molecular complexity index is 1660. The van der Waals surface area contributed by atoms with Gasteiger partial charge in [0.05, 0.1) is 33.8 Å². The highest BCUT2D eigenvalue weighted by Gasteiger charge is 2.27. The van der Waals surface area contributed by atoms with E-state index in [9.17, 15) is 19.0 Å². The number of phosphoric acid groups is 1. The van der Waals surface area contributed by atoms with E-state index in [-0.39, 0.29) is 31.5 Å². The fourth-order valence-electron chi connectivity index (χ4n) is 11.8. The number of hydrogen-bond acceptors (Lipinski definition) is 7. The normalized spacial score (nSPS) is 13.7. The summed E-state index contributed by atoms with van der Waals surface area (Å²) in [4.78, 5) is 40.3. The lowest BCUT2D eigenvalue weighted by molar-refractivity contribution is -0.870. The summed E-state index contributed by atoms with van der Waals surface area (Å²) in [5, 5.41) is 3.05. The minimum absolute atomic E-state index is 0.0207. The van der Waals surface area contributed by atoms with Crippen molar-refractivity contribution in [1.82, 2.24) is 5.32 Å². The molecule has 0 heterocycles. The van der Waals surface area contributed by atoms with Gasteiger partial charge in [0, 0.05) is 12.8 Å². The molecule has 1 N–H and O–H groups in total. The van der Waals surface area contributed by atoms with Crippen molar-refractivity contribution in [2.75, 3.05) is 40.9 Å². The third kappa shape index (κ3) is 70.1. The zero-order valence-electron chi connectivity index (χ0n) is 60.2. The van der Waals surface area contributed by atoms with Crippen molar-refractivity contribution in [3.63, 3.8) is 0 Å². The molecule has 0 spiro atoms. The highest BCUT2D eigenvalue weighted by molar-refractivity contribution is 7.45. The van der Waals surface area contributed by atoms with E-state index in [1.165, 1.54) is 289 Å². The number of esters is 1. The number of phosphoric ester groups is 1. The largest absolute Gasteiger partial charge is 0.756 e. The molecule has 0 aromatic rings. The van der Waals surface area contributed by atoms with Crippen LogP contribution in [0.2, 0.25) is 0 Å². The van der Waals surface area contributed by atoms with E-state index >= 15 is 0 Å². The van der Waals surface area contributed by atoms with Crippen LogP contribution in [0.3, 0.4) is 0 Å². The standard InChI is InChI=1S/C79H151N2O7P/c1-7-10-13-16-19-22-25-27-29-31-33-35-37-39-40-42-44-46-48-50-52-54-57-60-63-66-69-72-79(83)88-77(70-67-64-61-58-55-24-21-18-15-12-9-3)76(75-87-89(84,85)86-74-73-81(4,5)6)80-78(82)71-68-65-62-59-56-53-51-49-47-45-43-41-38-36-34-32-30-28-26-23-20-17-14-11-8-2/h20,23,28,30,34,36,67,70,76-77H,7-19,21-22,24-27,29,31-33,35,37-66,68-69,71-75H2,1-6H3,(H-,80,82,84,85)/b23-20-,30-28-,36-34-,70-67+. The summed E-state index contributed by atoms with van der Waals surface area (Å²) in [5.41, 5.74) is 0. The molecule has 9 nitrogen and oxygen atoms in total. The Kier molecular flexibility index (Phi) is 67.2. The minimum atomic E-state index is -4.70. The summed E-state index contributed by atoms with van der Waals surface area (Å²) < 4.78 is 30.5. The number of unbranched alkanes of at least 4 members (excludes halogenated alkanes) is 50. The van der Waals surface area contributed by atoms with Crippen molar-refractivity contribution in [1.29, 1.82) is 0 Å². The third-order valence-corrected chi connectivity index (χ3v) is 18.7. The molecule has 0 radical (unpaired) electrons. The van der Waals surface area contributed by atoms with Crippen LogP contribution in [0.4, 0.5) is 0 Å². The van der Waals surface area contributed by atoms with Crippen molar-refractivity contribution < 1.29 is 37.3 Å². The number of ether oxygens (including phenoxy) is 1. The molecule has 524 valence electrons. The van der Waals surface area contributed by atoms with Crippen LogP contribution in [-0.4, -0.2) is 69.4 Å². The average molecular weight is 1270 g/mol. The second-order valence-electron chi connectivity index (χ2n) is 27.9. The lowest BCUT2D eigenvalue weighted by Crippen LogP contribution is -2.47. The van der Waals surface area contributed by atoms with Gasteiger partial charge in [-0.1, -0.05) is 359 Å². The summed E-state index contributed by atoms with van der Waals surface area (Å²) in [6.45, 7) is 6.88. The highest BCUT2D eigenvalue weighted by Crippen LogP contribution is 2.38. The van der Waals surface area contributed by atoms with Gasteiger partial charge in [0.15, 0.2) is 0 Å². The molecule has 0 rings (SSSR count). The number of nitrogens with zero attached hydrogens (tertiary/aromatic N) is 1.